The first kappa shape index (κ1) is 15.3. The minimum Gasteiger partial charge on any atom is -0.363 e. The van der Waals surface area contributed by atoms with Crippen LogP contribution in [0.25, 0.3) is 0 Å². The largest absolute Gasteiger partial charge is 0.363 e. The van der Waals surface area contributed by atoms with E-state index in [0.29, 0.717) is 5.82 Å². The molecule has 21 heavy (non-hydrogen) atoms. The SMILES string of the molecule is Cc1ccc(C(C)Nc2ncnc(NN)c2C(C)C)cc1. The van der Waals surface area contributed by atoms with Gasteiger partial charge in [0.1, 0.15) is 18.0 Å². The van der Waals surface area contributed by atoms with Gasteiger partial charge in [-0.15, -0.1) is 0 Å². The van der Waals surface area contributed by atoms with Gasteiger partial charge in [0.15, 0.2) is 0 Å². The average Bonchev–Trinajstić information content (AvgIpc) is 2.47. The number of nitrogens with zero attached hydrogens (tertiary/aromatic N) is 2. The van der Waals surface area contributed by atoms with Crippen molar-refractivity contribution in [3.05, 3.63) is 47.3 Å². The van der Waals surface area contributed by atoms with E-state index in [1.54, 1.807) is 0 Å². The first-order valence-corrected chi connectivity index (χ1v) is 7.17. The molecule has 2 aromatic rings. The van der Waals surface area contributed by atoms with Crippen LogP contribution in [0.1, 0.15) is 49.4 Å². The molecule has 0 bridgehead atoms. The quantitative estimate of drug-likeness (QED) is 0.580. The van der Waals surface area contributed by atoms with E-state index in [2.05, 4.69) is 72.7 Å². The van der Waals surface area contributed by atoms with Gasteiger partial charge in [-0.2, -0.15) is 0 Å². The summed E-state index contributed by atoms with van der Waals surface area (Å²) in [6.07, 6.45) is 1.52. The molecule has 0 spiro atoms. The van der Waals surface area contributed by atoms with Crippen molar-refractivity contribution in [2.24, 2.45) is 5.84 Å². The van der Waals surface area contributed by atoms with Crippen molar-refractivity contribution in [1.29, 1.82) is 0 Å². The summed E-state index contributed by atoms with van der Waals surface area (Å²) in [5.74, 6) is 7.30. The van der Waals surface area contributed by atoms with E-state index in [0.717, 1.165) is 11.4 Å². The molecule has 1 aromatic carbocycles. The molecule has 0 saturated heterocycles. The molecule has 0 saturated carbocycles. The summed E-state index contributed by atoms with van der Waals surface area (Å²) in [7, 11) is 0. The van der Waals surface area contributed by atoms with E-state index in [-0.39, 0.29) is 12.0 Å². The summed E-state index contributed by atoms with van der Waals surface area (Å²) in [6.45, 7) is 8.40. The van der Waals surface area contributed by atoms with Crippen molar-refractivity contribution in [3.8, 4) is 0 Å². The molecule has 0 radical (unpaired) electrons. The van der Waals surface area contributed by atoms with Crippen LogP contribution < -0.4 is 16.6 Å². The fraction of sp³-hybridized carbons (Fsp3) is 0.375. The average molecular weight is 285 g/mol. The Hall–Kier alpha value is -2.14. The number of nitrogens with one attached hydrogen (secondary N) is 2. The second-order valence-corrected chi connectivity index (χ2v) is 5.56. The monoisotopic (exact) mass is 285 g/mol. The molecule has 4 N–H and O–H groups in total. The van der Waals surface area contributed by atoms with Gasteiger partial charge in [0.05, 0.1) is 0 Å². The van der Waals surface area contributed by atoms with E-state index in [1.165, 1.54) is 17.5 Å². The Balaban J connectivity index is 2.28. The highest BCUT2D eigenvalue weighted by Gasteiger charge is 2.16. The van der Waals surface area contributed by atoms with E-state index < -0.39 is 0 Å². The highest BCUT2D eigenvalue weighted by Crippen LogP contribution is 2.30. The highest BCUT2D eigenvalue weighted by molar-refractivity contribution is 5.59. The Bertz CT molecular complexity index is 592. The zero-order valence-electron chi connectivity index (χ0n) is 13.0. The number of nitrogen functional groups attached to an aromatic ring is 1. The van der Waals surface area contributed by atoms with Crippen LogP contribution in [0.2, 0.25) is 0 Å². The number of benzene rings is 1. The summed E-state index contributed by atoms with van der Waals surface area (Å²) >= 11 is 0. The van der Waals surface area contributed by atoms with Crippen LogP contribution in [0.3, 0.4) is 0 Å². The first-order valence-electron chi connectivity index (χ1n) is 7.17. The molecule has 2 rings (SSSR count). The number of hydrogen-bond acceptors (Lipinski definition) is 5. The Morgan fingerprint density at radius 1 is 1.00 bits per heavy atom. The fourth-order valence-corrected chi connectivity index (χ4v) is 2.32. The normalized spacial score (nSPS) is 12.3. The minimum atomic E-state index is 0.156. The molecule has 1 unspecified atom stereocenters. The number of rotatable bonds is 5. The minimum absolute atomic E-state index is 0.156. The van der Waals surface area contributed by atoms with E-state index in [4.69, 9.17) is 5.84 Å². The highest BCUT2D eigenvalue weighted by atomic mass is 15.3. The molecule has 5 heteroatoms. The molecule has 0 amide bonds. The van der Waals surface area contributed by atoms with Gasteiger partial charge >= 0.3 is 0 Å². The van der Waals surface area contributed by atoms with Gasteiger partial charge in [-0.3, -0.25) is 0 Å². The lowest BCUT2D eigenvalue weighted by atomic mass is 10.0. The summed E-state index contributed by atoms with van der Waals surface area (Å²) < 4.78 is 0. The number of aromatic nitrogens is 2. The molecule has 112 valence electrons. The third-order valence-corrected chi connectivity index (χ3v) is 3.53. The van der Waals surface area contributed by atoms with Gasteiger partial charge in [-0.05, 0) is 25.3 Å². The van der Waals surface area contributed by atoms with Crippen LogP contribution in [0.4, 0.5) is 11.6 Å². The number of nitrogens with two attached hydrogens (primary N) is 1. The van der Waals surface area contributed by atoms with E-state index >= 15 is 0 Å². The topological polar surface area (TPSA) is 75.9 Å². The third-order valence-electron chi connectivity index (χ3n) is 3.53. The maximum absolute atomic E-state index is 5.55. The molecule has 1 atom stereocenters. The molecule has 5 nitrogen and oxygen atoms in total. The van der Waals surface area contributed by atoms with Crippen LogP contribution in [0.15, 0.2) is 30.6 Å². The molecular formula is C16H23N5. The molecule has 0 fully saturated rings. The lowest BCUT2D eigenvalue weighted by Gasteiger charge is -2.20. The standard InChI is InChI=1S/C16H23N5/c1-10(2)14-15(18-9-19-16(14)21-17)20-12(4)13-7-5-11(3)6-8-13/h5-10,12H,17H2,1-4H3,(H2,18,19,20,21). The van der Waals surface area contributed by atoms with E-state index in [9.17, 15) is 0 Å². The van der Waals surface area contributed by atoms with Crippen LogP contribution >= 0.6 is 0 Å². The van der Waals surface area contributed by atoms with Crippen molar-refractivity contribution in [2.75, 3.05) is 10.7 Å². The summed E-state index contributed by atoms with van der Waals surface area (Å²) in [5, 5.41) is 3.46. The second-order valence-electron chi connectivity index (χ2n) is 5.56. The van der Waals surface area contributed by atoms with Crippen molar-refractivity contribution >= 4 is 11.6 Å². The molecule has 0 aliphatic heterocycles. The molecule has 1 heterocycles. The maximum atomic E-state index is 5.55. The number of aryl methyl sites for hydroxylation is 1. The first-order chi connectivity index (χ1) is 10.0. The van der Waals surface area contributed by atoms with Crippen LogP contribution in [0, 0.1) is 6.92 Å². The molecular weight excluding hydrogens is 262 g/mol. The van der Waals surface area contributed by atoms with Crippen LogP contribution in [-0.2, 0) is 0 Å². The summed E-state index contributed by atoms with van der Waals surface area (Å²) in [4.78, 5) is 8.56. The van der Waals surface area contributed by atoms with Crippen molar-refractivity contribution in [3.63, 3.8) is 0 Å². The second kappa shape index (κ2) is 6.54. The van der Waals surface area contributed by atoms with Gasteiger partial charge in [0.2, 0.25) is 0 Å². The molecule has 0 aliphatic carbocycles. The maximum Gasteiger partial charge on any atom is 0.148 e. The molecule has 0 aliphatic rings. The number of hydrogen-bond donors (Lipinski definition) is 3. The predicted octanol–water partition coefficient (Wildman–Crippen LogP) is 3.37. The van der Waals surface area contributed by atoms with Gasteiger partial charge in [0.25, 0.3) is 0 Å². The predicted molar refractivity (Wildman–Crippen MR) is 87.1 cm³/mol. The van der Waals surface area contributed by atoms with Crippen LogP contribution in [0.5, 0.6) is 0 Å². The lowest BCUT2D eigenvalue weighted by molar-refractivity contribution is 0.819. The smallest absolute Gasteiger partial charge is 0.148 e. The van der Waals surface area contributed by atoms with Crippen LogP contribution in [-0.4, -0.2) is 9.97 Å². The Labute approximate surface area is 126 Å². The summed E-state index contributed by atoms with van der Waals surface area (Å²) in [5.41, 5.74) is 6.12. The summed E-state index contributed by atoms with van der Waals surface area (Å²) in [6, 6.07) is 8.65. The van der Waals surface area contributed by atoms with Crippen molar-refractivity contribution < 1.29 is 0 Å². The Morgan fingerprint density at radius 3 is 2.19 bits per heavy atom. The van der Waals surface area contributed by atoms with Gasteiger partial charge < -0.3 is 10.7 Å². The zero-order valence-corrected chi connectivity index (χ0v) is 13.0. The van der Waals surface area contributed by atoms with E-state index in [1.807, 2.05) is 0 Å². The zero-order chi connectivity index (χ0) is 15.4. The van der Waals surface area contributed by atoms with Gasteiger partial charge in [-0.25, -0.2) is 15.8 Å². The lowest BCUT2D eigenvalue weighted by Crippen LogP contribution is -2.16. The fourth-order valence-electron chi connectivity index (χ4n) is 2.32. The Kier molecular flexibility index (Phi) is 4.75. The van der Waals surface area contributed by atoms with Crippen molar-refractivity contribution in [2.45, 2.75) is 39.7 Å². The van der Waals surface area contributed by atoms with Crippen molar-refractivity contribution in [1.82, 2.24) is 9.97 Å². The van der Waals surface area contributed by atoms with Gasteiger partial charge in [-0.1, -0.05) is 43.7 Å². The molecule has 1 aromatic heterocycles. The van der Waals surface area contributed by atoms with Gasteiger partial charge in [0, 0.05) is 11.6 Å². The Morgan fingerprint density at radius 2 is 1.62 bits per heavy atom. The number of hydrazine groups is 1. The number of anilines is 2. The third kappa shape index (κ3) is 3.49.